The molecule has 0 spiro atoms. The highest BCUT2D eigenvalue weighted by Crippen LogP contribution is 2.19. The van der Waals surface area contributed by atoms with E-state index in [2.05, 4.69) is 0 Å². The van der Waals surface area contributed by atoms with Crippen LogP contribution in [0.5, 0.6) is 0 Å². The molecule has 0 aromatic rings. The van der Waals surface area contributed by atoms with Crippen molar-refractivity contribution in [2.75, 3.05) is 26.7 Å². The Morgan fingerprint density at radius 3 is 2.62 bits per heavy atom. The van der Waals surface area contributed by atoms with Crippen LogP contribution in [0.15, 0.2) is 0 Å². The van der Waals surface area contributed by atoms with Crippen molar-refractivity contribution in [1.82, 2.24) is 9.80 Å². The molecule has 1 aliphatic rings. The second-order valence-electron chi connectivity index (χ2n) is 4.50. The van der Waals surface area contributed by atoms with Crippen LogP contribution in [0.4, 0.5) is 0 Å². The van der Waals surface area contributed by atoms with Crippen molar-refractivity contribution in [2.45, 2.75) is 26.4 Å². The summed E-state index contributed by atoms with van der Waals surface area (Å²) in [6.45, 7) is 4.60. The molecule has 5 nitrogen and oxygen atoms in total. The fraction of sp³-hybridized carbons (Fsp3) is 0.818. The van der Waals surface area contributed by atoms with E-state index < -0.39 is 0 Å². The number of aliphatic hydroxyl groups excluding tert-OH is 1. The minimum Gasteiger partial charge on any atom is -0.393 e. The minimum absolute atomic E-state index is 0.0409. The zero-order chi connectivity index (χ0) is 12.3. The summed E-state index contributed by atoms with van der Waals surface area (Å²) >= 11 is 0. The molecule has 16 heavy (non-hydrogen) atoms. The monoisotopic (exact) mass is 228 g/mol. The second kappa shape index (κ2) is 5.30. The van der Waals surface area contributed by atoms with Crippen LogP contribution in [0.2, 0.25) is 0 Å². The lowest BCUT2D eigenvalue weighted by atomic mass is 10.0. The molecule has 1 fully saturated rings. The van der Waals surface area contributed by atoms with Gasteiger partial charge in [-0.2, -0.15) is 0 Å². The van der Waals surface area contributed by atoms with Crippen LogP contribution in [0.3, 0.4) is 0 Å². The Morgan fingerprint density at radius 2 is 2.19 bits per heavy atom. The lowest BCUT2D eigenvalue weighted by Crippen LogP contribution is -2.39. The maximum absolute atomic E-state index is 11.8. The summed E-state index contributed by atoms with van der Waals surface area (Å²) in [6.07, 6.45) is 0.469. The first kappa shape index (κ1) is 13.0. The Bertz CT molecular complexity index is 278. The quantitative estimate of drug-likeness (QED) is 0.721. The predicted octanol–water partition coefficient (Wildman–Crippen LogP) is -0.306. The van der Waals surface area contributed by atoms with E-state index in [-0.39, 0.29) is 30.4 Å². The van der Waals surface area contributed by atoms with Gasteiger partial charge >= 0.3 is 0 Å². The van der Waals surface area contributed by atoms with Crippen LogP contribution in [0.1, 0.15) is 20.3 Å². The van der Waals surface area contributed by atoms with E-state index in [0.717, 1.165) is 6.42 Å². The lowest BCUT2D eigenvalue weighted by molar-refractivity contribution is -0.137. The Balaban J connectivity index is 2.42. The summed E-state index contributed by atoms with van der Waals surface area (Å²) in [5, 5.41) is 9.42. The average Bonchev–Trinajstić information content (AvgIpc) is 2.65. The maximum Gasteiger partial charge on any atom is 0.242 e. The molecule has 1 heterocycles. The molecule has 0 radical (unpaired) electrons. The van der Waals surface area contributed by atoms with Gasteiger partial charge in [0, 0.05) is 33.0 Å². The number of likely N-dealkylation sites (tertiary alicyclic amines) is 1. The van der Waals surface area contributed by atoms with Gasteiger partial charge in [0.25, 0.3) is 0 Å². The van der Waals surface area contributed by atoms with Crippen molar-refractivity contribution in [3.05, 3.63) is 0 Å². The molecule has 2 atom stereocenters. The SMILES string of the molecule is CC(=O)N(C)CC(=O)N1CCC(C(C)O)C1. The smallest absolute Gasteiger partial charge is 0.242 e. The van der Waals surface area contributed by atoms with Gasteiger partial charge in [-0.15, -0.1) is 0 Å². The molecule has 0 saturated carbocycles. The average molecular weight is 228 g/mol. The first-order chi connectivity index (χ1) is 7.41. The molecular weight excluding hydrogens is 208 g/mol. The minimum atomic E-state index is -0.372. The molecule has 2 amide bonds. The predicted molar refractivity (Wildman–Crippen MR) is 59.7 cm³/mol. The summed E-state index contributed by atoms with van der Waals surface area (Å²) in [7, 11) is 1.61. The van der Waals surface area contributed by atoms with Gasteiger partial charge in [-0.3, -0.25) is 9.59 Å². The van der Waals surface area contributed by atoms with Crippen LogP contribution in [-0.2, 0) is 9.59 Å². The Hall–Kier alpha value is -1.10. The van der Waals surface area contributed by atoms with E-state index in [4.69, 9.17) is 0 Å². The van der Waals surface area contributed by atoms with Crippen molar-refractivity contribution in [3.63, 3.8) is 0 Å². The van der Waals surface area contributed by atoms with E-state index in [1.807, 2.05) is 0 Å². The zero-order valence-electron chi connectivity index (χ0n) is 10.1. The molecule has 0 bridgehead atoms. The third kappa shape index (κ3) is 3.20. The maximum atomic E-state index is 11.8. The third-order valence-corrected chi connectivity index (χ3v) is 3.17. The summed E-state index contributed by atoms with van der Waals surface area (Å²) in [5.74, 6) is 0.0204. The van der Waals surface area contributed by atoms with Crippen molar-refractivity contribution in [2.24, 2.45) is 5.92 Å². The number of rotatable bonds is 3. The standard InChI is InChI=1S/C11H20N2O3/c1-8(14)10-4-5-13(6-10)11(16)7-12(3)9(2)15/h8,10,14H,4-7H2,1-3H3. The van der Waals surface area contributed by atoms with Crippen molar-refractivity contribution < 1.29 is 14.7 Å². The van der Waals surface area contributed by atoms with Gasteiger partial charge < -0.3 is 14.9 Å². The van der Waals surface area contributed by atoms with Gasteiger partial charge in [-0.25, -0.2) is 0 Å². The normalized spacial score (nSPS) is 22.0. The number of aliphatic hydroxyl groups is 1. The molecule has 1 N–H and O–H groups in total. The zero-order valence-corrected chi connectivity index (χ0v) is 10.1. The van der Waals surface area contributed by atoms with Gasteiger partial charge in [0.1, 0.15) is 0 Å². The first-order valence-corrected chi connectivity index (χ1v) is 5.59. The number of carbonyl (C=O) groups is 2. The number of likely N-dealkylation sites (N-methyl/N-ethyl adjacent to an activating group) is 1. The largest absolute Gasteiger partial charge is 0.393 e. The van der Waals surface area contributed by atoms with Crippen molar-refractivity contribution in [1.29, 1.82) is 0 Å². The summed E-state index contributed by atoms with van der Waals surface area (Å²) in [4.78, 5) is 25.9. The highest BCUT2D eigenvalue weighted by molar-refractivity contribution is 5.83. The topological polar surface area (TPSA) is 60.9 Å². The number of hydrogen-bond acceptors (Lipinski definition) is 3. The third-order valence-electron chi connectivity index (χ3n) is 3.17. The molecule has 1 saturated heterocycles. The highest BCUT2D eigenvalue weighted by Gasteiger charge is 2.29. The van der Waals surface area contributed by atoms with Crippen LogP contribution in [0.25, 0.3) is 0 Å². The van der Waals surface area contributed by atoms with Crippen molar-refractivity contribution in [3.8, 4) is 0 Å². The molecule has 1 aliphatic heterocycles. The van der Waals surface area contributed by atoms with E-state index in [0.29, 0.717) is 13.1 Å². The van der Waals surface area contributed by atoms with Gasteiger partial charge in [0.05, 0.1) is 12.6 Å². The van der Waals surface area contributed by atoms with Crippen LogP contribution in [0, 0.1) is 5.92 Å². The van der Waals surface area contributed by atoms with Gasteiger partial charge in [0.15, 0.2) is 0 Å². The van der Waals surface area contributed by atoms with Gasteiger partial charge in [-0.1, -0.05) is 0 Å². The molecule has 0 aromatic carbocycles. The highest BCUT2D eigenvalue weighted by atomic mass is 16.3. The Morgan fingerprint density at radius 1 is 1.56 bits per heavy atom. The van der Waals surface area contributed by atoms with E-state index in [1.165, 1.54) is 11.8 Å². The Labute approximate surface area is 96.0 Å². The van der Waals surface area contributed by atoms with Gasteiger partial charge in [-0.05, 0) is 13.3 Å². The molecule has 0 aromatic heterocycles. The van der Waals surface area contributed by atoms with Crippen LogP contribution in [-0.4, -0.2) is 59.5 Å². The van der Waals surface area contributed by atoms with Crippen LogP contribution < -0.4 is 0 Å². The van der Waals surface area contributed by atoms with Crippen molar-refractivity contribution >= 4 is 11.8 Å². The number of nitrogens with zero attached hydrogens (tertiary/aromatic N) is 2. The number of carbonyl (C=O) groups excluding carboxylic acids is 2. The lowest BCUT2D eigenvalue weighted by Gasteiger charge is -2.21. The van der Waals surface area contributed by atoms with E-state index in [9.17, 15) is 14.7 Å². The molecule has 0 aliphatic carbocycles. The fourth-order valence-corrected chi connectivity index (χ4v) is 1.82. The van der Waals surface area contributed by atoms with Crippen LogP contribution >= 0.6 is 0 Å². The van der Waals surface area contributed by atoms with E-state index in [1.54, 1.807) is 18.9 Å². The number of amides is 2. The molecule has 1 rings (SSSR count). The molecule has 2 unspecified atom stereocenters. The molecule has 92 valence electrons. The summed E-state index contributed by atoms with van der Waals surface area (Å²) in [6, 6.07) is 0. The second-order valence-corrected chi connectivity index (χ2v) is 4.50. The fourth-order valence-electron chi connectivity index (χ4n) is 1.82. The summed E-state index contributed by atoms with van der Waals surface area (Å²) < 4.78 is 0. The number of hydrogen-bond donors (Lipinski definition) is 1. The van der Waals surface area contributed by atoms with Gasteiger partial charge in [0.2, 0.25) is 11.8 Å². The first-order valence-electron chi connectivity index (χ1n) is 5.59. The Kier molecular flexibility index (Phi) is 4.29. The molecular formula is C11H20N2O3. The molecule has 5 heteroatoms. The summed E-state index contributed by atoms with van der Waals surface area (Å²) in [5.41, 5.74) is 0. The van der Waals surface area contributed by atoms with E-state index >= 15 is 0 Å².